The van der Waals surface area contributed by atoms with Crippen molar-refractivity contribution in [1.82, 2.24) is 9.88 Å². The molecule has 1 rings (SSSR count). The normalized spacial score (nSPS) is 10.5. The molecule has 0 fully saturated rings. The molecule has 0 atom stereocenters. The predicted molar refractivity (Wildman–Crippen MR) is 64.0 cm³/mol. The summed E-state index contributed by atoms with van der Waals surface area (Å²) in [6, 6.07) is 3.75. The van der Waals surface area contributed by atoms with Crippen LogP contribution >= 0.6 is 0 Å². The number of hydrogen-bond donors (Lipinski definition) is 1. The Balaban J connectivity index is 2.51. The molecule has 0 amide bonds. The van der Waals surface area contributed by atoms with E-state index in [0.29, 0.717) is 19.0 Å². The molecule has 0 saturated heterocycles. The van der Waals surface area contributed by atoms with E-state index in [1.54, 1.807) is 19.4 Å². The Hall–Kier alpha value is -1.62. The number of carboxylic acids is 1. The van der Waals surface area contributed by atoms with Crippen molar-refractivity contribution in [3.05, 3.63) is 23.9 Å². The van der Waals surface area contributed by atoms with Crippen molar-refractivity contribution in [1.29, 1.82) is 0 Å². The molecule has 0 spiro atoms. The average molecular weight is 238 g/mol. The molecular weight excluding hydrogens is 220 g/mol. The molecule has 0 radical (unpaired) electrons. The molecule has 5 heteroatoms. The molecule has 0 unspecified atom stereocenters. The molecule has 5 nitrogen and oxygen atoms in total. The molecule has 94 valence electrons. The van der Waals surface area contributed by atoms with Crippen LogP contribution < -0.4 is 4.74 Å². The number of carbonyl (C=O) groups is 1. The maximum absolute atomic E-state index is 10.5. The van der Waals surface area contributed by atoms with Crippen LogP contribution in [0.1, 0.15) is 18.9 Å². The first-order valence-corrected chi connectivity index (χ1v) is 5.58. The van der Waals surface area contributed by atoms with E-state index in [-0.39, 0.29) is 6.42 Å². The van der Waals surface area contributed by atoms with Gasteiger partial charge in [-0.3, -0.25) is 9.69 Å². The molecular formula is C12H18N2O3. The number of carboxylic acid groups (broad SMARTS) is 1. The Kier molecular flexibility index (Phi) is 5.42. The molecule has 0 aliphatic carbocycles. The standard InChI is InChI=1S/C12H18N2O3/c1-3-14(7-6-12(15)16)9-10-4-5-11(17-2)13-8-10/h4-5,8H,3,6-7,9H2,1-2H3,(H,15,16). The summed E-state index contributed by atoms with van der Waals surface area (Å²) >= 11 is 0. The number of rotatable bonds is 7. The van der Waals surface area contributed by atoms with Crippen LogP contribution in [0.15, 0.2) is 18.3 Å². The zero-order chi connectivity index (χ0) is 12.7. The van der Waals surface area contributed by atoms with Crippen molar-refractivity contribution in [2.75, 3.05) is 20.2 Å². The number of ether oxygens (including phenoxy) is 1. The summed E-state index contributed by atoms with van der Waals surface area (Å²) in [5.41, 5.74) is 1.05. The van der Waals surface area contributed by atoms with Gasteiger partial charge < -0.3 is 9.84 Å². The van der Waals surface area contributed by atoms with E-state index in [1.165, 1.54) is 0 Å². The fraction of sp³-hybridized carbons (Fsp3) is 0.500. The highest BCUT2D eigenvalue weighted by Gasteiger charge is 2.06. The van der Waals surface area contributed by atoms with E-state index in [9.17, 15) is 4.79 Å². The van der Waals surface area contributed by atoms with Crippen LogP contribution in [-0.2, 0) is 11.3 Å². The summed E-state index contributed by atoms with van der Waals surface area (Å²) in [5, 5.41) is 8.64. The minimum absolute atomic E-state index is 0.164. The maximum Gasteiger partial charge on any atom is 0.304 e. The minimum Gasteiger partial charge on any atom is -0.481 e. The lowest BCUT2D eigenvalue weighted by Gasteiger charge is -2.19. The Morgan fingerprint density at radius 1 is 1.53 bits per heavy atom. The number of aromatic nitrogens is 1. The molecule has 17 heavy (non-hydrogen) atoms. The number of aliphatic carboxylic acids is 1. The van der Waals surface area contributed by atoms with Crippen molar-refractivity contribution in [2.45, 2.75) is 19.9 Å². The maximum atomic E-state index is 10.5. The first-order valence-electron chi connectivity index (χ1n) is 5.58. The van der Waals surface area contributed by atoms with Crippen molar-refractivity contribution < 1.29 is 14.6 Å². The van der Waals surface area contributed by atoms with E-state index in [2.05, 4.69) is 9.88 Å². The second-order valence-corrected chi connectivity index (χ2v) is 3.72. The highest BCUT2D eigenvalue weighted by Crippen LogP contribution is 2.09. The van der Waals surface area contributed by atoms with Crippen LogP contribution in [0.4, 0.5) is 0 Å². The van der Waals surface area contributed by atoms with Gasteiger partial charge in [-0.15, -0.1) is 0 Å². The summed E-state index contributed by atoms with van der Waals surface area (Å²) in [4.78, 5) is 16.7. The molecule has 1 aromatic rings. The number of hydrogen-bond acceptors (Lipinski definition) is 4. The average Bonchev–Trinajstić information content (AvgIpc) is 2.35. The summed E-state index contributed by atoms with van der Waals surface area (Å²) < 4.78 is 4.98. The Bertz CT molecular complexity index is 351. The van der Waals surface area contributed by atoms with E-state index < -0.39 is 5.97 Å². The van der Waals surface area contributed by atoms with Gasteiger partial charge in [0.25, 0.3) is 0 Å². The number of pyridine rings is 1. The van der Waals surface area contributed by atoms with Crippen LogP contribution in [0.5, 0.6) is 5.88 Å². The lowest BCUT2D eigenvalue weighted by molar-refractivity contribution is -0.137. The molecule has 0 saturated carbocycles. The van der Waals surface area contributed by atoms with Gasteiger partial charge in [-0.2, -0.15) is 0 Å². The second kappa shape index (κ2) is 6.85. The summed E-state index contributed by atoms with van der Waals surface area (Å²) in [6.07, 6.45) is 1.92. The molecule has 0 aromatic carbocycles. The summed E-state index contributed by atoms with van der Waals surface area (Å²) in [5.74, 6) is -0.182. The third-order valence-corrected chi connectivity index (χ3v) is 2.50. The molecule has 0 aliphatic heterocycles. The van der Waals surface area contributed by atoms with E-state index in [4.69, 9.17) is 9.84 Å². The van der Waals surface area contributed by atoms with Gasteiger partial charge >= 0.3 is 5.97 Å². The first kappa shape index (κ1) is 13.4. The van der Waals surface area contributed by atoms with Crippen LogP contribution in [0, 0.1) is 0 Å². The zero-order valence-electron chi connectivity index (χ0n) is 10.2. The summed E-state index contributed by atoms with van der Waals surface area (Å²) in [6.45, 7) is 4.09. The number of methoxy groups -OCH3 is 1. The fourth-order valence-electron chi connectivity index (χ4n) is 1.49. The van der Waals surface area contributed by atoms with Crippen molar-refractivity contribution >= 4 is 5.97 Å². The molecule has 1 N–H and O–H groups in total. The highest BCUT2D eigenvalue weighted by molar-refractivity contribution is 5.66. The minimum atomic E-state index is -0.767. The van der Waals surface area contributed by atoms with Gasteiger partial charge in [0.2, 0.25) is 5.88 Å². The molecule has 1 aromatic heterocycles. The van der Waals surface area contributed by atoms with Gasteiger partial charge in [-0.05, 0) is 12.1 Å². The third kappa shape index (κ3) is 4.82. The van der Waals surface area contributed by atoms with Gasteiger partial charge in [-0.1, -0.05) is 13.0 Å². The third-order valence-electron chi connectivity index (χ3n) is 2.50. The fourth-order valence-corrected chi connectivity index (χ4v) is 1.49. The van der Waals surface area contributed by atoms with Gasteiger partial charge in [0, 0.05) is 25.4 Å². The smallest absolute Gasteiger partial charge is 0.304 e. The Morgan fingerprint density at radius 2 is 2.29 bits per heavy atom. The van der Waals surface area contributed by atoms with Crippen LogP contribution in [0.2, 0.25) is 0 Å². The molecule has 0 aliphatic rings. The predicted octanol–water partition coefficient (Wildman–Crippen LogP) is 1.39. The van der Waals surface area contributed by atoms with Gasteiger partial charge in [-0.25, -0.2) is 4.98 Å². The SMILES string of the molecule is CCN(CCC(=O)O)Cc1ccc(OC)nc1. The van der Waals surface area contributed by atoms with Crippen LogP contribution in [0.25, 0.3) is 0 Å². The monoisotopic (exact) mass is 238 g/mol. The van der Waals surface area contributed by atoms with Crippen molar-refractivity contribution in [2.24, 2.45) is 0 Å². The lowest BCUT2D eigenvalue weighted by atomic mass is 10.2. The van der Waals surface area contributed by atoms with Gasteiger partial charge in [0.1, 0.15) is 0 Å². The summed E-state index contributed by atoms with van der Waals surface area (Å²) in [7, 11) is 1.58. The van der Waals surface area contributed by atoms with Crippen molar-refractivity contribution in [3.8, 4) is 5.88 Å². The largest absolute Gasteiger partial charge is 0.481 e. The van der Waals surface area contributed by atoms with Crippen LogP contribution in [-0.4, -0.2) is 41.2 Å². The Morgan fingerprint density at radius 3 is 2.76 bits per heavy atom. The van der Waals surface area contributed by atoms with E-state index in [1.807, 2.05) is 13.0 Å². The molecule has 1 heterocycles. The molecule has 0 bridgehead atoms. The topological polar surface area (TPSA) is 62.7 Å². The Labute approximate surface area is 101 Å². The van der Waals surface area contributed by atoms with Crippen molar-refractivity contribution in [3.63, 3.8) is 0 Å². The first-order chi connectivity index (χ1) is 8.15. The zero-order valence-corrected chi connectivity index (χ0v) is 10.2. The number of nitrogens with zero attached hydrogens (tertiary/aromatic N) is 2. The highest BCUT2D eigenvalue weighted by atomic mass is 16.5. The van der Waals surface area contributed by atoms with Crippen LogP contribution in [0.3, 0.4) is 0 Å². The van der Waals surface area contributed by atoms with E-state index >= 15 is 0 Å². The second-order valence-electron chi connectivity index (χ2n) is 3.72. The quantitative estimate of drug-likeness (QED) is 0.777. The van der Waals surface area contributed by atoms with Gasteiger partial charge in [0.15, 0.2) is 0 Å². The van der Waals surface area contributed by atoms with Gasteiger partial charge in [0.05, 0.1) is 13.5 Å². The lowest BCUT2D eigenvalue weighted by Crippen LogP contribution is -2.25. The van der Waals surface area contributed by atoms with E-state index in [0.717, 1.165) is 12.1 Å².